The number of rotatable bonds is 2. The first-order valence-electron chi connectivity index (χ1n) is 4.95. The fourth-order valence-electron chi connectivity index (χ4n) is 1.43. The lowest BCUT2D eigenvalue weighted by Gasteiger charge is -2.08. The van der Waals surface area contributed by atoms with Gasteiger partial charge in [0.05, 0.1) is 0 Å². The Morgan fingerprint density at radius 3 is 2.28 bits per heavy atom. The zero-order valence-corrected chi connectivity index (χ0v) is 9.28. The Labute approximate surface area is 100 Å². The molecule has 2 N–H and O–H groups in total. The zero-order chi connectivity index (χ0) is 13.3. The van der Waals surface area contributed by atoms with Gasteiger partial charge in [-0.3, -0.25) is 0 Å². The summed E-state index contributed by atoms with van der Waals surface area (Å²) in [7, 11) is 0. The molecule has 0 spiro atoms. The fraction of sp³-hybridized carbons (Fsp3) is 0.182. The highest BCUT2D eigenvalue weighted by molar-refractivity contribution is 5.65. The van der Waals surface area contributed by atoms with Crippen LogP contribution in [0.15, 0.2) is 28.8 Å². The van der Waals surface area contributed by atoms with Crippen molar-refractivity contribution in [3.8, 4) is 17.1 Å². The van der Waals surface area contributed by atoms with E-state index in [0.717, 1.165) is 0 Å². The molecule has 7 heteroatoms. The Kier molecular flexibility index (Phi) is 2.90. The lowest BCUT2D eigenvalue weighted by molar-refractivity contribution is -0.274. The summed E-state index contributed by atoms with van der Waals surface area (Å²) in [5.74, 6) is 0.378. The number of ether oxygens (including phenoxy) is 1. The van der Waals surface area contributed by atoms with Gasteiger partial charge in [0, 0.05) is 11.1 Å². The van der Waals surface area contributed by atoms with E-state index in [0.29, 0.717) is 16.9 Å². The molecule has 0 radical (unpaired) electrons. The highest BCUT2D eigenvalue weighted by Crippen LogP contribution is 2.29. The number of hydrogen-bond acceptors (Lipinski definition) is 4. The fourth-order valence-corrected chi connectivity index (χ4v) is 1.43. The molecule has 2 rings (SSSR count). The average molecular weight is 258 g/mol. The van der Waals surface area contributed by atoms with Crippen molar-refractivity contribution in [2.45, 2.75) is 13.3 Å². The van der Waals surface area contributed by atoms with Crippen molar-refractivity contribution in [2.75, 3.05) is 5.73 Å². The summed E-state index contributed by atoms with van der Waals surface area (Å²) in [5, 5.41) is 3.57. The summed E-state index contributed by atoms with van der Waals surface area (Å²) < 4.78 is 44.6. The van der Waals surface area contributed by atoms with Gasteiger partial charge in [0.15, 0.2) is 11.6 Å². The van der Waals surface area contributed by atoms with Crippen molar-refractivity contribution in [2.24, 2.45) is 0 Å². The van der Waals surface area contributed by atoms with Gasteiger partial charge in [0.2, 0.25) is 0 Å². The Hall–Kier alpha value is -2.18. The van der Waals surface area contributed by atoms with Crippen molar-refractivity contribution in [3.05, 3.63) is 29.8 Å². The molecule has 96 valence electrons. The molecule has 0 atom stereocenters. The number of hydrogen-bond donors (Lipinski definition) is 1. The van der Waals surface area contributed by atoms with Crippen LogP contribution in [-0.2, 0) is 0 Å². The Bertz CT molecular complexity index is 546. The lowest BCUT2D eigenvalue weighted by atomic mass is 10.1. The van der Waals surface area contributed by atoms with Crippen LogP contribution >= 0.6 is 0 Å². The number of nitrogens with two attached hydrogens (primary N) is 1. The normalized spacial score (nSPS) is 11.6. The predicted octanol–water partition coefficient (Wildman–Crippen LogP) is 3.13. The number of nitrogen functional groups attached to an aromatic ring is 1. The Morgan fingerprint density at radius 1 is 1.22 bits per heavy atom. The predicted molar refractivity (Wildman–Crippen MR) is 57.8 cm³/mol. The van der Waals surface area contributed by atoms with Crippen LogP contribution in [0.2, 0.25) is 0 Å². The maximum Gasteiger partial charge on any atom is 0.573 e. The zero-order valence-electron chi connectivity index (χ0n) is 9.28. The third kappa shape index (κ3) is 2.55. The summed E-state index contributed by atoms with van der Waals surface area (Å²) in [6.45, 7) is 1.71. The molecule has 4 nitrogen and oxygen atoms in total. The van der Waals surface area contributed by atoms with Gasteiger partial charge < -0.3 is 15.0 Å². The number of benzene rings is 1. The standard InChI is InChI=1S/C11H9F3N2O2/c1-6-9(18-16-10(6)15)7-2-4-8(5-3-7)17-11(12,13)14/h2-5H,1H3,(H2,15,16). The van der Waals surface area contributed by atoms with Gasteiger partial charge in [-0.15, -0.1) is 13.2 Å². The third-order valence-electron chi connectivity index (χ3n) is 2.31. The number of alkyl halides is 3. The topological polar surface area (TPSA) is 61.3 Å². The van der Waals surface area contributed by atoms with E-state index in [-0.39, 0.29) is 11.6 Å². The number of anilines is 1. The quantitative estimate of drug-likeness (QED) is 0.898. The summed E-state index contributed by atoms with van der Waals surface area (Å²) in [6.07, 6.45) is -4.70. The summed E-state index contributed by atoms with van der Waals surface area (Å²) >= 11 is 0. The molecular weight excluding hydrogens is 249 g/mol. The minimum atomic E-state index is -4.70. The average Bonchev–Trinajstić information content (AvgIpc) is 2.59. The van der Waals surface area contributed by atoms with Gasteiger partial charge >= 0.3 is 6.36 Å². The van der Waals surface area contributed by atoms with Gasteiger partial charge in [-0.05, 0) is 31.2 Å². The molecule has 0 bridgehead atoms. The first kappa shape index (κ1) is 12.3. The molecule has 1 aromatic carbocycles. The first-order chi connectivity index (χ1) is 8.37. The maximum atomic E-state index is 12.0. The van der Waals surface area contributed by atoms with Crippen molar-refractivity contribution in [3.63, 3.8) is 0 Å². The van der Waals surface area contributed by atoms with Crippen molar-refractivity contribution in [1.29, 1.82) is 0 Å². The van der Waals surface area contributed by atoms with E-state index in [9.17, 15) is 13.2 Å². The second-order valence-corrected chi connectivity index (χ2v) is 3.59. The minimum absolute atomic E-state index is 0.251. The number of halogens is 3. The van der Waals surface area contributed by atoms with Crippen LogP contribution in [-0.4, -0.2) is 11.5 Å². The van der Waals surface area contributed by atoms with E-state index >= 15 is 0 Å². The third-order valence-corrected chi connectivity index (χ3v) is 2.31. The van der Waals surface area contributed by atoms with Crippen LogP contribution in [0.4, 0.5) is 19.0 Å². The molecule has 0 unspecified atom stereocenters. The molecule has 18 heavy (non-hydrogen) atoms. The summed E-state index contributed by atoms with van der Waals surface area (Å²) in [6, 6.07) is 5.27. The van der Waals surface area contributed by atoms with Crippen LogP contribution in [0.1, 0.15) is 5.56 Å². The van der Waals surface area contributed by atoms with Gasteiger partial charge in [0.1, 0.15) is 5.75 Å². The van der Waals surface area contributed by atoms with E-state index < -0.39 is 6.36 Å². The van der Waals surface area contributed by atoms with Gasteiger partial charge in [-0.2, -0.15) is 0 Å². The molecule has 0 saturated heterocycles. The van der Waals surface area contributed by atoms with E-state index in [1.807, 2.05) is 0 Å². The molecule has 0 aliphatic rings. The second-order valence-electron chi connectivity index (χ2n) is 3.59. The largest absolute Gasteiger partial charge is 0.573 e. The lowest BCUT2D eigenvalue weighted by Crippen LogP contribution is -2.16. The van der Waals surface area contributed by atoms with Crippen molar-refractivity contribution < 1.29 is 22.4 Å². The molecule has 0 amide bonds. The van der Waals surface area contributed by atoms with Crippen LogP contribution in [0.25, 0.3) is 11.3 Å². The number of nitrogens with zero attached hydrogens (tertiary/aromatic N) is 1. The van der Waals surface area contributed by atoms with Gasteiger partial charge in [-0.1, -0.05) is 5.16 Å². The second kappa shape index (κ2) is 4.25. The Balaban J connectivity index is 2.25. The molecule has 0 aliphatic heterocycles. The van der Waals surface area contributed by atoms with Crippen molar-refractivity contribution >= 4 is 5.82 Å². The van der Waals surface area contributed by atoms with E-state index in [1.54, 1.807) is 6.92 Å². The molecule has 1 aromatic heterocycles. The van der Waals surface area contributed by atoms with Crippen LogP contribution < -0.4 is 10.5 Å². The molecule has 0 fully saturated rings. The molecule has 0 aliphatic carbocycles. The van der Waals surface area contributed by atoms with Gasteiger partial charge in [0.25, 0.3) is 0 Å². The summed E-state index contributed by atoms with van der Waals surface area (Å²) in [4.78, 5) is 0. The van der Waals surface area contributed by atoms with E-state index in [2.05, 4.69) is 9.89 Å². The van der Waals surface area contributed by atoms with Gasteiger partial charge in [-0.25, -0.2) is 0 Å². The number of aromatic nitrogens is 1. The smallest absolute Gasteiger partial charge is 0.406 e. The maximum absolute atomic E-state index is 12.0. The summed E-state index contributed by atoms with van der Waals surface area (Å²) in [5.41, 5.74) is 6.73. The molecule has 0 saturated carbocycles. The highest BCUT2D eigenvalue weighted by atomic mass is 19.4. The van der Waals surface area contributed by atoms with E-state index in [1.165, 1.54) is 24.3 Å². The minimum Gasteiger partial charge on any atom is -0.406 e. The molecule has 1 heterocycles. The SMILES string of the molecule is Cc1c(N)noc1-c1ccc(OC(F)(F)F)cc1. The van der Waals surface area contributed by atoms with Crippen molar-refractivity contribution in [1.82, 2.24) is 5.16 Å². The monoisotopic (exact) mass is 258 g/mol. The van der Waals surface area contributed by atoms with E-state index in [4.69, 9.17) is 10.3 Å². The molecule has 2 aromatic rings. The highest BCUT2D eigenvalue weighted by Gasteiger charge is 2.31. The van der Waals surface area contributed by atoms with Crippen LogP contribution in [0.5, 0.6) is 5.75 Å². The van der Waals surface area contributed by atoms with Crippen LogP contribution in [0.3, 0.4) is 0 Å². The first-order valence-corrected chi connectivity index (χ1v) is 4.95. The van der Waals surface area contributed by atoms with Crippen LogP contribution in [0, 0.1) is 6.92 Å². The molecular formula is C11H9F3N2O2. The Morgan fingerprint density at radius 2 is 1.83 bits per heavy atom.